The van der Waals surface area contributed by atoms with Crippen molar-refractivity contribution in [2.75, 3.05) is 43.1 Å². The predicted octanol–water partition coefficient (Wildman–Crippen LogP) is 6.83. The van der Waals surface area contributed by atoms with E-state index in [1.54, 1.807) is 17.4 Å². The minimum Gasteiger partial charge on any atom is -0.507 e. The van der Waals surface area contributed by atoms with Gasteiger partial charge in [0.15, 0.2) is 5.76 Å². The van der Waals surface area contributed by atoms with Crippen molar-refractivity contribution in [2.24, 2.45) is 5.92 Å². The highest BCUT2D eigenvalue weighted by Crippen LogP contribution is 2.41. The van der Waals surface area contributed by atoms with Crippen LogP contribution in [0.25, 0.3) is 21.5 Å². The molecule has 11 nitrogen and oxygen atoms in total. The zero-order valence-electron chi connectivity index (χ0n) is 27.8. The second-order valence-corrected chi connectivity index (χ2v) is 14.3. The maximum absolute atomic E-state index is 12.3. The number of piperidine rings is 2. The smallest absolute Gasteiger partial charge is 0.316 e. The van der Waals surface area contributed by atoms with Gasteiger partial charge in [-0.1, -0.05) is 31.1 Å². The molecule has 1 N–H and O–H groups in total. The number of aromatic nitrogens is 5. The van der Waals surface area contributed by atoms with E-state index >= 15 is 0 Å². The number of nitrogens with zero attached hydrogens (tertiary/aromatic N) is 7. The number of para-hydroxylation sites is 1. The molecule has 5 aromatic rings. The molecule has 2 fully saturated rings. The molecule has 6 heterocycles. The van der Waals surface area contributed by atoms with E-state index in [1.165, 1.54) is 17.6 Å². The maximum Gasteiger partial charge on any atom is 0.316 e. The number of hydrogen-bond donors (Lipinski definition) is 1. The first kappa shape index (κ1) is 32.0. The lowest BCUT2D eigenvalue weighted by Crippen LogP contribution is -2.35. The Hall–Kier alpha value is -4.58. The van der Waals surface area contributed by atoms with Crippen LogP contribution in [0.5, 0.6) is 5.75 Å². The number of carbonyl (C=O) groups excluding carboxylic acids is 1. The van der Waals surface area contributed by atoms with Gasteiger partial charge in [0.2, 0.25) is 5.95 Å². The first-order valence-corrected chi connectivity index (χ1v) is 17.5. The van der Waals surface area contributed by atoms with Gasteiger partial charge in [0.25, 0.3) is 0 Å². The number of rotatable bonds is 8. The number of ether oxygens (including phenoxy) is 1. The highest BCUT2D eigenvalue weighted by atomic mass is 32.1. The molecular formula is C36H41N7O4S. The molecule has 7 rings (SSSR count). The number of fused-ring (bicyclic) bond motifs is 1. The third-order valence-electron chi connectivity index (χ3n) is 9.95. The fraction of sp³-hybridized carbons (Fsp3) is 0.444. The van der Waals surface area contributed by atoms with Crippen molar-refractivity contribution in [3.8, 4) is 17.0 Å². The number of benzene rings is 1. The van der Waals surface area contributed by atoms with E-state index in [1.807, 2.05) is 50.5 Å². The molecular weight excluding hydrogens is 627 g/mol. The largest absolute Gasteiger partial charge is 0.507 e. The summed E-state index contributed by atoms with van der Waals surface area (Å²) >= 11 is 1.74. The van der Waals surface area contributed by atoms with Crippen molar-refractivity contribution in [3.05, 3.63) is 70.7 Å². The second-order valence-electron chi connectivity index (χ2n) is 13.2. The number of thiophene rings is 1. The number of aromatic hydroxyl groups is 1. The lowest BCUT2D eigenvalue weighted by molar-refractivity contribution is -0.144. The highest BCUT2D eigenvalue weighted by Gasteiger charge is 2.32. The summed E-state index contributed by atoms with van der Waals surface area (Å²) in [7, 11) is 1.41. The van der Waals surface area contributed by atoms with E-state index in [4.69, 9.17) is 19.2 Å². The van der Waals surface area contributed by atoms with Crippen molar-refractivity contribution >= 4 is 39.2 Å². The fourth-order valence-electron chi connectivity index (χ4n) is 7.15. The number of carbonyl (C=O) groups is 1. The van der Waals surface area contributed by atoms with E-state index < -0.39 is 5.92 Å². The third kappa shape index (κ3) is 6.21. The lowest BCUT2D eigenvalue weighted by atomic mass is 9.90. The molecule has 2 aliphatic rings. The Morgan fingerprint density at radius 2 is 1.67 bits per heavy atom. The predicted molar refractivity (Wildman–Crippen MR) is 186 cm³/mol. The average Bonchev–Trinajstić information content (AvgIpc) is 3.73. The van der Waals surface area contributed by atoms with Gasteiger partial charge in [-0.05, 0) is 68.2 Å². The molecule has 12 heteroatoms. The normalized spacial score (nSPS) is 16.9. The number of anilines is 2. The number of phenols is 1. The van der Waals surface area contributed by atoms with E-state index in [0.717, 1.165) is 79.4 Å². The van der Waals surface area contributed by atoms with Gasteiger partial charge in [-0.3, -0.25) is 4.79 Å². The summed E-state index contributed by atoms with van der Waals surface area (Å²) < 4.78 is 10.6. The van der Waals surface area contributed by atoms with Gasteiger partial charge in [-0.2, -0.15) is 0 Å². The van der Waals surface area contributed by atoms with Gasteiger partial charge < -0.3 is 24.2 Å². The molecule has 1 unspecified atom stereocenters. The summed E-state index contributed by atoms with van der Waals surface area (Å²) in [5.74, 6) is 1.61. The molecule has 0 radical (unpaired) electrons. The van der Waals surface area contributed by atoms with Gasteiger partial charge >= 0.3 is 5.97 Å². The van der Waals surface area contributed by atoms with Crippen molar-refractivity contribution < 1.29 is 19.2 Å². The van der Waals surface area contributed by atoms with Crippen molar-refractivity contribution in [3.63, 3.8) is 0 Å². The molecule has 250 valence electrons. The van der Waals surface area contributed by atoms with Crippen LogP contribution in [0.1, 0.15) is 79.2 Å². The summed E-state index contributed by atoms with van der Waals surface area (Å²) in [6.45, 7) is 9.68. The Bertz CT molecular complexity index is 1890. The maximum atomic E-state index is 12.3. The molecule has 0 saturated carbocycles. The van der Waals surface area contributed by atoms with Gasteiger partial charge in [0.05, 0.1) is 36.6 Å². The Labute approximate surface area is 284 Å². The molecule has 1 atom stereocenters. The van der Waals surface area contributed by atoms with Crippen molar-refractivity contribution in [2.45, 2.75) is 64.2 Å². The molecule has 2 aliphatic heterocycles. The quantitative estimate of drug-likeness (QED) is 0.175. The zero-order valence-corrected chi connectivity index (χ0v) is 28.6. The minimum atomic E-state index is -0.446. The summed E-state index contributed by atoms with van der Waals surface area (Å²) in [5.41, 5.74) is 4.58. The SMILES string of the molecule is COC(=O)C(c1cc(C2CCN(c3cnc(N4CCC(c5sc6nnc(-c7ccccc7O)cc6c5C)CC4)nc3)CC2)no1)C(C)C. The Morgan fingerprint density at radius 3 is 2.35 bits per heavy atom. The number of phenolic OH excluding ortho intramolecular Hbond substituents is 1. The molecule has 1 aromatic carbocycles. The zero-order chi connectivity index (χ0) is 33.4. The van der Waals surface area contributed by atoms with Crippen LogP contribution in [-0.4, -0.2) is 69.7 Å². The molecule has 0 amide bonds. The third-order valence-corrected chi connectivity index (χ3v) is 11.3. The van der Waals surface area contributed by atoms with Crippen LogP contribution in [0.2, 0.25) is 0 Å². The van der Waals surface area contributed by atoms with Crippen molar-refractivity contribution in [1.29, 1.82) is 0 Å². The Morgan fingerprint density at radius 1 is 0.979 bits per heavy atom. The number of hydrogen-bond acceptors (Lipinski definition) is 12. The first-order chi connectivity index (χ1) is 23.3. The number of methoxy groups -OCH3 is 1. The fourth-order valence-corrected chi connectivity index (χ4v) is 8.43. The van der Waals surface area contributed by atoms with Gasteiger partial charge in [0.1, 0.15) is 16.5 Å². The average molecular weight is 668 g/mol. The monoisotopic (exact) mass is 667 g/mol. The molecule has 0 spiro atoms. The molecule has 0 aliphatic carbocycles. The highest BCUT2D eigenvalue weighted by molar-refractivity contribution is 7.18. The summed E-state index contributed by atoms with van der Waals surface area (Å²) in [5, 5.41) is 24.7. The van der Waals surface area contributed by atoms with Gasteiger partial charge in [-0.25, -0.2) is 9.97 Å². The van der Waals surface area contributed by atoms with Crippen molar-refractivity contribution in [1.82, 2.24) is 25.3 Å². The molecule has 48 heavy (non-hydrogen) atoms. The molecule has 2 saturated heterocycles. The summed E-state index contributed by atoms with van der Waals surface area (Å²) in [4.78, 5) is 28.8. The summed E-state index contributed by atoms with van der Waals surface area (Å²) in [6.07, 6.45) is 7.81. The van der Waals surface area contributed by atoms with Crippen LogP contribution >= 0.6 is 11.3 Å². The molecule has 0 bridgehead atoms. The van der Waals surface area contributed by atoms with Crippen LogP contribution in [0.4, 0.5) is 11.6 Å². The minimum absolute atomic E-state index is 0.0576. The number of esters is 1. The van der Waals surface area contributed by atoms with E-state index in [9.17, 15) is 9.90 Å². The number of aryl methyl sites for hydroxylation is 1. The Kier molecular flexibility index (Phi) is 9.00. The van der Waals surface area contributed by atoms with Crippen LogP contribution in [-0.2, 0) is 9.53 Å². The second kappa shape index (κ2) is 13.5. The van der Waals surface area contributed by atoms with Gasteiger partial charge in [-0.15, -0.1) is 21.5 Å². The van der Waals surface area contributed by atoms with Gasteiger partial charge in [0, 0.05) is 54.0 Å². The van der Waals surface area contributed by atoms with E-state index in [-0.39, 0.29) is 23.6 Å². The topological polar surface area (TPSA) is 131 Å². The standard InChI is InChI=1S/C36H41N7O4S/c1-21(2)32(35(45)46-4)31-18-28(41-47-31)23-9-13-42(14-10-23)25-19-37-36(38-20-25)43-15-11-24(12-16-43)33-22(3)27-17-29(39-40-34(27)48-33)26-7-5-6-8-30(26)44/h5-8,17-21,23-24,32,44H,9-16H2,1-4H3. The van der Waals surface area contributed by atoms with Crippen LogP contribution in [0.15, 0.2) is 53.3 Å². The van der Waals surface area contributed by atoms with E-state index in [2.05, 4.69) is 38.1 Å². The van der Waals surface area contributed by atoms with Crippen LogP contribution < -0.4 is 9.80 Å². The van der Waals surface area contributed by atoms with E-state index in [0.29, 0.717) is 22.9 Å². The van der Waals surface area contributed by atoms with Crippen LogP contribution in [0, 0.1) is 12.8 Å². The Balaban J connectivity index is 0.946. The lowest BCUT2D eigenvalue weighted by Gasteiger charge is -2.34. The molecule has 4 aromatic heterocycles. The summed E-state index contributed by atoms with van der Waals surface area (Å²) in [6, 6.07) is 11.2. The first-order valence-electron chi connectivity index (χ1n) is 16.7. The van der Waals surface area contributed by atoms with Crippen LogP contribution in [0.3, 0.4) is 0 Å².